The Hall–Kier alpha value is -3.39. The van der Waals surface area contributed by atoms with Crippen molar-refractivity contribution in [3.63, 3.8) is 0 Å². The molecule has 8 nitrogen and oxygen atoms in total. The van der Waals surface area contributed by atoms with Gasteiger partial charge in [-0.15, -0.1) is 0 Å². The smallest absolute Gasteiger partial charge is 0.254 e. The van der Waals surface area contributed by atoms with Crippen LogP contribution in [0, 0.1) is 0 Å². The lowest BCUT2D eigenvalue weighted by molar-refractivity contribution is 0.100. The lowest BCUT2D eigenvalue weighted by atomic mass is 10.1. The zero-order chi connectivity index (χ0) is 19.5. The number of nitrogens with zero attached hydrogens (tertiary/aromatic N) is 3. The van der Waals surface area contributed by atoms with Crippen LogP contribution in [0.5, 0.6) is 11.6 Å². The molecule has 1 unspecified atom stereocenters. The number of ether oxygens (including phenoxy) is 1. The van der Waals surface area contributed by atoms with Gasteiger partial charge in [0.2, 0.25) is 5.88 Å². The second-order valence-electron chi connectivity index (χ2n) is 6.72. The average Bonchev–Trinajstić information content (AvgIpc) is 3.07. The Balaban J connectivity index is 1.65. The molecule has 0 saturated carbocycles. The van der Waals surface area contributed by atoms with Crippen LogP contribution in [0.3, 0.4) is 0 Å². The van der Waals surface area contributed by atoms with E-state index in [1.54, 1.807) is 23.0 Å². The molecule has 4 rings (SSSR count). The quantitative estimate of drug-likeness (QED) is 0.626. The zero-order valence-corrected chi connectivity index (χ0v) is 15.3. The summed E-state index contributed by atoms with van der Waals surface area (Å²) in [6.07, 6.45) is 3.58. The van der Waals surface area contributed by atoms with Crippen LogP contribution in [0.15, 0.2) is 48.7 Å². The SMILES string of the molecule is NC(=O)c1c(-c2ccc(Oc3ccccc3)nc2)nn(C2CCCNC2)c1N. The van der Waals surface area contributed by atoms with E-state index >= 15 is 0 Å². The molecule has 1 aromatic carbocycles. The number of carbonyl (C=O) groups excluding carboxylic acids is 1. The van der Waals surface area contributed by atoms with Gasteiger partial charge in [-0.1, -0.05) is 18.2 Å². The van der Waals surface area contributed by atoms with Crippen LogP contribution in [-0.2, 0) is 0 Å². The van der Waals surface area contributed by atoms with Gasteiger partial charge in [0.15, 0.2) is 0 Å². The number of pyridine rings is 1. The molecule has 144 valence electrons. The first kappa shape index (κ1) is 18.0. The topological polar surface area (TPSA) is 121 Å². The highest BCUT2D eigenvalue weighted by atomic mass is 16.5. The lowest BCUT2D eigenvalue weighted by Crippen LogP contribution is -2.32. The van der Waals surface area contributed by atoms with Gasteiger partial charge in [0, 0.05) is 24.4 Å². The first-order chi connectivity index (χ1) is 13.6. The summed E-state index contributed by atoms with van der Waals surface area (Å²) >= 11 is 0. The molecule has 1 atom stereocenters. The number of rotatable bonds is 5. The van der Waals surface area contributed by atoms with Gasteiger partial charge in [0.05, 0.1) is 6.04 Å². The van der Waals surface area contributed by atoms with Crippen LogP contribution in [0.2, 0.25) is 0 Å². The van der Waals surface area contributed by atoms with Crippen molar-refractivity contribution in [2.75, 3.05) is 18.8 Å². The number of nitrogens with two attached hydrogens (primary N) is 2. The van der Waals surface area contributed by atoms with Crippen LogP contribution < -0.4 is 21.5 Å². The van der Waals surface area contributed by atoms with E-state index in [4.69, 9.17) is 16.2 Å². The monoisotopic (exact) mass is 378 g/mol. The summed E-state index contributed by atoms with van der Waals surface area (Å²) in [6, 6.07) is 13.0. The summed E-state index contributed by atoms with van der Waals surface area (Å²) in [5, 5.41) is 7.94. The van der Waals surface area contributed by atoms with E-state index in [-0.39, 0.29) is 11.6 Å². The van der Waals surface area contributed by atoms with Crippen LogP contribution in [-0.4, -0.2) is 33.8 Å². The van der Waals surface area contributed by atoms with Crippen molar-refractivity contribution in [1.82, 2.24) is 20.1 Å². The van der Waals surface area contributed by atoms with E-state index in [0.717, 1.165) is 25.9 Å². The first-order valence-corrected chi connectivity index (χ1v) is 9.21. The largest absolute Gasteiger partial charge is 0.439 e. The first-order valence-electron chi connectivity index (χ1n) is 9.21. The molecule has 8 heteroatoms. The predicted octanol–water partition coefficient (Wildman–Crippen LogP) is 2.34. The Morgan fingerprint density at radius 3 is 2.68 bits per heavy atom. The molecule has 0 aliphatic carbocycles. The summed E-state index contributed by atoms with van der Waals surface area (Å²) < 4.78 is 7.41. The molecule has 5 N–H and O–H groups in total. The van der Waals surface area contributed by atoms with E-state index in [2.05, 4.69) is 15.4 Å². The van der Waals surface area contributed by atoms with Gasteiger partial charge in [0.1, 0.15) is 22.8 Å². The minimum absolute atomic E-state index is 0.0919. The molecule has 0 spiro atoms. The molecule has 1 fully saturated rings. The Morgan fingerprint density at radius 2 is 2.04 bits per heavy atom. The molecule has 2 aromatic heterocycles. The molecular formula is C20H22N6O2. The summed E-state index contributed by atoms with van der Waals surface area (Å²) in [7, 11) is 0. The van der Waals surface area contributed by atoms with Crippen molar-refractivity contribution < 1.29 is 9.53 Å². The van der Waals surface area contributed by atoms with E-state index in [0.29, 0.717) is 28.7 Å². The van der Waals surface area contributed by atoms with Gasteiger partial charge in [-0.05, 0) is 37.6 Å². The van der Waals surface area contributed by atoms with Crippen molar-refractivity contribution in [2.24, 2.45) is 5.73 Å². The van der Waals surface area contributed by atoms with E-state index in [1.807, 2.05) is 30.3 Å². The molecule has 1 saturated heterocycles. The third kappa shape index (κ3) is 3.54. The second kappa shape index (κ2) is 7.69. The normalized spacial score (nSPS) is 16.6. The molecule has 1 aliphatic heterocycles. The molecule has 1 amide bonds. The van der Waals surface area contributed by atoms with E-state index in [1.165, 1.54) is 0 Å². The third-order valence-corrected chi connectivity index (χ3v) is 4.79. The molecule has 3 heterocycles. The standard InChI is InChI=1S/C20H22N6O2/c21-19-17(20(22)27)18(25-26(19)14-5-4-10-23-12-14)13-8-9-16(24-11-13)28-15-6-2-1-3-7-15/h1-3,6-9,11,14,23H,4-5,10,12,21H2,(H2,22,27). The number of piperidine rings is 1. The third-order valence-electron chi connectivity index (χ3n) is 4.79. The van der Waals surface area contributed by atoms with Crippen molar-refractivity contribution in [3.8, 4) is 22.9 Å². The van der Waals surface area contributed by atoms with Crippen molar-refractivity contribution >= 4 is 11.7 Å². The molecule has 0 radical (unpaired) electrons. The number of carbonyl (C=O) groups is 1. The number of hydrogen-bond donors (Lipinski definition) is 3. The summed E-state index contributed by atoms with van der Waals surface area (Å²) in [5.41, 5.74) is 13.1. The number of para-hydroxylation sites is 1. The van der Waals surface area contributed by atoms with Crippen LogP contribution in [0.1, 0.15) is 29.2 Å². The van der Waals surface area contributed by atoms with Gasteiger partial charge in [-0.3, -0.25) is 4.79 Å². The van der Waals surface area contributed by atoms with E-state index in [9.17, 15) is 4.79 Å². The fraction of sp³-hybridized carbons (Fsp3) is 0.250. The maximum atomic E-state index is 12.0. The zero-order valence-electron chi connectivity index (χ0n) is 15.3. The minimum atomic E-state index is -0.605. The number of hydrogen-bond acceptors (Lipinski definition) is 6. The highest BCUT2D eigenvalue weighted by Crippen LogP contribution is 2.31. The van der Waals surface area contributed by atoms with Gasteiger partial charge >= 0.3 is 0 Å². The molecule has 28 heavy (non-hydrogen) atoms. The Kier molecular flexibility index (Phi) is 4.94. The lowest BCUT2D eigenvalue weighted by Gasteiger charge is -2.23. The molecule has 0 bridgehead atoms. The fourth-order valence-electron chi connectivity index (χ4n) is 3.40. The number of anilines is 1. The van der Waals surface area contributed by atoms with Crippen LogP contribution in [0.4, 0.5) is 5.82 Å². The molecule has 3 aromatic rings. The Labute approximate surface area is 162 Å². The second-order valence-corrected chi connectivity index (χ2v) is 6.72. The maximum absolute atomic E-state index is 12.0. The van der Waals surface area contributed by atoms with Gasteiger partial charge < -0.3 is 21.5 Å². The number of amides is 1. The number of aromatic nitrogens is 3. The highest BCUT2D eigenvalue weighted by Gasteiger charge is 2.26. The highest BCUT2D eigenvalue weighted by molar-refractivity contribution is 6.03. The van der Waals surface area contributed by atoms with Crippen molar-refractivity contribution in [1.29, 1.82) is 0 Å². The number of primary amides is 1. The van der Waals surface area contributed by atoms with Gasteiger partial charge in [0.25, 0.3) is 5.91 Å². The average molecular weight is 378 g/mol. The number of benzene rings is 1. The number of nitrogen functional groups attached to an aromatic ring is 1. The molecule has 1 aliphatic rings. The summed E-state index contributed by atoms with van der Waals surface area (Å²) in [4.78, 5) is 16.4. The summed E-state index contributed by atoms with van der Waals surface area (Å²) in [5.74, 6) is 0.825. The summed E-state index contributed by atoms with van der Waals surface area (Å²) in [6.45, 7) is 1.73. The van der Waals surface area contributed by atoms with E-state index < -0.39 is 5.91 Å². The number of nitrogens with one attached hydrogen (secondary N) is 1. The van der Waals surface area contributed by atoms with Crippen molar-refractivity contribution in [2.45, 2.75) is 18.9 Å². The van der Waals surface area contributed by atoms with Gasteiger partial charge in [-0.2, -0.15) is 5.10 Å². The van der Waals surface area contributed by atoms with Crippen molar-refractivity contribution in [3.05, 3.63) is 54.2 Å². The fourth-order valence-corrected chi connectivity index (χ4v) is 3.40. The Bertz CT molecular complexity index is 962. The predicted molar refractivity (Wildman–Crippen MR) is 106 cm³/mol. The minimum Gasteiger partial charge on any atom is -0.439 e. The Morgan fingerprint density at radius 1 is 1.21 bits per heavy atom. The van der Waals surface area contributed by atoms with Crippen LogP contribution >= 0.6 is 0 Å². The maximum Gasteiger partial charge on any atom is 0.254 e. The van der Waals surface area contributed by atoms with Gasteiger partial charge in [-0.25, -0.2) is 9.67 Å². The van der Waals surface area contributed by atoms with Crippen LogP contribution in [0.25, 0.3) is 11.3 Å². The molecular weight excluding hydrogens is 356 g/mol.